The van der Waals surface area contributed by atoms with Crippen LogP contribution in [0.15, 0.2) is 30.3 Å². The first kappa shape index (κ1) is 9.93. The number of hydrogen-bond acceptors (Lipinski definition) is 1. The van der Waals surface area contributed by atoms with Crippen LogP contribution in [0, 0.1) is 5.82 Å². The molecular weight excluding hydrogens is 165 g/mol. The molecule has 2 heteroatoms. The first-order valence-corrected chi connectivity index (χ1v) is 4.34. The van der Waals surface area contributed by atoms with E-state index in [2.05, 4.69) is 5.32 Å². The minimum atomic E-state index is -0.179. The third-order valence-corrected chi connectivity index (χ3v) is 1.93. The smallest absolute Gasteiger partial charge is 0.130 e. The summed E-state index contributed by atoms with van der Waals surface area (Å²) >= 11 is 0. The van der Waals surface area contributed by atoms with Crippen molar-refractivity contribution in [3.05, 3.63) is 41.7 Å². The second-order valence-electron chi connectivity index (χ2n) is 2.96. The van der Waals surface area contributed by atoms with Crippen molar-refractivity contribution in [1.82, 2.24) is 5.32 Å². The molecule has 0 saturated heterocycles. The second-order valence-corrected chi connectivity index (χ2v) is 2.96. The van der Waals surface area contributed by atoms with Crippen LogP contribution in [0.4, 0.5) is 4.39 Å². The van der Waals surface area contributed by atoms with E-state index in [9.17, 15) is 4.39 Å². The monoisotopic (exact) mass is 179 g/mol. The molecule has 1 nitrogen and oxygen atoms in total. The van der Waals surface area contributed by atoms with Gasteiger partial charge in [0.25, 0.3) is 0 Å². The van der Waals surface area contributed by atoms with E-state index in [1.165, 1.54) is 6.07 Å². The third kappa shape index (κ3) is 2.99. The maximum atomic E-state index is 13.1. The maximum Gasteiger partial charge on any atom is 0.130 e. The van der Waals surface area contributed by atoms with Crippen LogP contribution in [-0.4, -0.2) is 13.1 Å². The lowest BCUT2D eigenvalue weighted by atomic mass is 10.2. The fourth-order valence-electron chi connectivity index (χ4n) is 0.954. The minimum Gasteiger partial charge on any atom is -0.314 e. The van der Waals surface area contributed by atoms with E-state index in [1.807, 2.05) is 26.1 Å². The Labute approximate surface area is 78.3 Å². The Bertz CT molecular complexity index is 294. The molecule has 1 aromatic rings. The fraction of sp³-hybridized carbons (Fsp3) is 0.273. The predicted octanol–water partition coefficient (Wildman–Crippen LogP) is 2.45. The van der Waals surface area contributed by atoms with E-state index >= 15 is 0 Å². The minimum absolute atomic E-state index is 0.179. The van der Waals surface area contributed by atoms with Gasteiger partial charge in [-0.3, -0.25) is 0 Å². The Morgan fingerprint density at radius 2 is 2.08 bits per heavy atom. The molecule has 1 aromatic carbocycles. The van der Waals surface area contributed by atoms with Gasteiger partial charge in [-0.05, 0) is 20.0 Å². The molecule has 1 atom stereocenters. The molecule has 70 valence electrons. The standard InChI is InChI=1S/C11H14FN/c1-9(13-2)7-8-10-5-3-4-6-11(10)12/h3-9,13H,1-2H3/b8-7+/t9-/m1/s1. The molecule has 13 heavy (non-hydrogen) atoms. The largest absolute Gasteiger partial charge is 0.314 e. The molecule has 0 aliphatic heterocycles. The van der Waals surface area contributed by atoms with E-state index in [-0.39, 0.29) is 11.9 Å². The zero-order valence-corrected chi connectivity index (χ0v) is 7.92. The molecule has 0 bridgehead atoms. The highest BCUT2D eigenvalue weighted by molar-refractivity contribution is 5.50. The quantitative estimate of drug-likeness (QED) is 0.751. The number of benzene rings is 1. The van der Waals surface area contributed by atoms with Crippen LogP contribution in [0.5, 0.6) is 0 Å². The van der Waals surface area contributed by atoms with Crippen LogP contribution >= 0.6 is 0 Å². The van der Waals surface area contributed by atoms with Gasteiger partial charge in [0.05, 0.1) is 0 Å². The van der Waals surface area contributed by atoms with Crippen molar-refractivity contribution >= 4 is 6.08 Å². The molecule has 0 radical (unpaired) electrons. The zero-order chi connectivity index (χ0) is 9.68. The van der Waals surface area contributed by atoms with Crippen molar-refractivity contribution in [2.24, 2.45) is 0 Å². The summed E-state index contributed by atoms with van der Waals surface area (Å²) in [5, 5.41) is 3.05. The van der Waals surface area contributed by atoms with Crippen molar-refractivity contribution in [1.29, 1.82) is 0 Å². The Hall–Kier alpha value is -1.15. The van der Waals surface area contributed by atoms with Gasteiger partial charge in [0, 0.05) is 11.6 Å². The average Bonchev–Trinajstić information content (AvgIpc) is 2.16. The zero-order valence-electron chi connectivity index (χ0n) is 7.92. The van der Waals surface area contributed by atoms with Crippen molar-refractivity contribution in [2.45, 2.75) is 13.0 Å². The summed E-state index contributed by atoms with van der Waals surface area (Å²) in [6, 6.07) is 7.00. The van der Waals surface area contributed by atoms with Gasteiger partial charge in [-0.25, -0.2) is 4.39 Å². The fourth-order valence-corrected chi connectivity index (χ4v) is 0.954. The molecule has 0 aliphatic carbocycles. The van der Waals surface area contributed by atoms with Crippen molar-refractivity contribution in [3.63, 3.8) is 0 Å². The maximum absolute atomic E-state index is 13.1. The van der Waals surface area contributed by atoms with E-state index in [0.717, 1.165) is 0 Å². The number of rotatable bonds is 3. The first-order valence-electron chi connectivity index (χ1n) is 4.34. The van der Waals surface area contributed by atoms with Gasteiger partial charge in [-0.15, -0.1) is 0 Å². The summed E-state index contributed by atoms with van der Waals surface area (Å²) in [6.07, 6.45) is 3.72. The summed E-state index contributed by atoms with van der Waals surface area (Å²) < 4.78 is 13.1. The summed E-state index contributed by atoms with van der Waals surface area (Å²) in [5.74, 6) is -0.179. The lowest BCUT2D eigenvalue weighted by Gasteiger charge is -2.02. The molecule has 1 N–H and O–H groups in total. The van der Waals surface area contributed by atoms with Gasteiger partial charge in [-0.1, -0.05) is 30.4 Å². The number of likely N-dealkylation sites (N-methyl/N-ethyl adjacent to an activating group) is 1. The van der Waals surface area contributed by atoms with Crippen LogP contribution in [0.3, 0.4) is 0 Å². The molecule has 0 heterocycles. The average molecular weight is 179 g/mol. The van der Waals surface area contributed by atoms with Gasteiger partial charge < -0.3 is 5.32 Å². The van der Waals surface area contributed by atoms with Gasteiger partial charge >= 0.3 is 0 Å². The molecule has 0 unspecified atom stereocenters. The number of halogens is 1. The SMILES string of the molecule is CN[C@H](C)/C=C/c1ccccc1F. The Morgan fingerprint density at radius 3 is 2.69 bits per heavy atom. The van der Waals surface area contributed by atoms with Crippen LogP contribution in [0.1, 0.15) is 12.5 Å². The summed E-state index contributed by atoms with van der Waals surface area (Å²) in [6.45, 7) is 2.01. The Kier molecular flexibility index (Phi) is 3.65. The lowest BCUT2D eigenvalue weighted by molar-refractivity contribution is 0.625. The van der Waals surface area contributed by atoms with Gasteiger partial charge in [-0.2, -0.15) is 0 Å². The van der Waals surface area contributed by atoms with E-state index in [4.69, 9.17) is 0 Å². The van der Waals surface area contributed by atoms with Gasteiger partial charge in [0.15, 0.2) is 0 Å². The van der Waals surface area contributed by atoms with Gasteiger partial charge in [0.1, 0.15) is 5.82 Å². The number of hydrogen-bond donors (Lipinski definition) is 1. The molecule has 0 saturated carbocycles. The first-order chi connectivity index (χ1) is 6.24. The van der Waals surface area contributed by atoms with Crippen LogP contribution < -0.4 is 5.32 Å². The molecule has 1 rings (SSSR count). The highest BCUT2D eigenvalue weighted by atomic mass is 19.1. The number of nitrogens with one attached hydrogen (secondary N) is 1. The van der Waals surface area contributed by atoms with Crippen LogP contribution in [-0.2, 0) is 0 Å². The highest BCUT2D eigenvalue weighted by Gasteiger charge is 1.95. The van der Waals surface area contributed by atoms with Crippen LogP contribution in [0.2, 0.25) is 0 Å². The van der Waals surface area contributed by atoms with E-state index in [0.29, 0.717) is 5.56 Å². The second kappa shape index (κ2) is 4.77. The van der Waals surface area contributed by atoms with Gasteiger partial charge in [0.2, 0.25) is 0 Å². The molecule has 0 aromatic heterocycles. The molecule has 0 amide bonds. The Balaban J connectivity index is 2.74. The van der Waals surface area contributed by atoms with E-state index < -0.39 is 0 Å². The molecule has 0 fully saturated rings. The molecule has 0 aliphatic rings. The van der Waals surface area contributed by atoms with Crippen molar-refractivity contribution in [2.75, 3.05) is 7.05 Å². The summed E-state index contributed by atoms with van der Waals surface area (Å²) in [5.41, 5.74) is 0.629. The Morgan fingerprint density at radius 1 is 1.38 bits per heavy atom. The van der Waals surface area contributed by atoms with Crippen molar-refractivity contribution in [3.8, 4) is 0 Å². The van der Waals surface area contributed by atoms with E-state index in [1.54, 1.807) is 18.2 Å². The molecular formula is C11H14FN. The lowest BCUT2D eigenvalue weighted by Crippen LogP contribution is -2.17. The summed E-state index contributed by atoms with van der Waals surface area (Å²) in [7, 11) is 1.87. The molecule has 0 spiro atoms. The highest BCUT2D eigenvalue weighted by Crippen LogP contribution is 2.08. The predicted molar refractivity (Wildman–Crippen MR) is 54.0 cm³/mol. The van der Waals surface area contributed by atoms with Crippen LogP contribution in [0.25, 0.3) is 6.08 Å². The normalized spacial score (nSPS) is 13.5. The summed E-state index contributed by atoms with van der Waals surface area (Å²) in [4.78, 5) is 0. The van der Waals surface area contributed by atoms with Crippen molar-refractivity contribution < 1.29 is 4.39 Å². The third-order valence-electron chi connectivity index (χ3n) is 1.93. The topological polar surface area (TPSA) is 12.0 Å².